The van der Waals surface area contributed by atoms with Crippen LogP contribution >= 0.6 is 0 Å². The smallest absolute Gasteiger partial charge is 0.165 e. The summed E-state index contributed by atoms with van der Waals surface area (Å²) in [5, 5.41) is 3.08. The summed E-state index contributed by atoms with van der Waals surface area (Å²) in [6, 6.07) is 15.1. The van der Waals surface area contributed by atoms with Crippen molar-refractivity contribution in [3.63, 3.8) is 0 Å². The number of nitrogens with one attached hydrogen (secondary N) is 1. The lowest BCUT2D eigenvalue weighted by atomic mass is 10.1. The van der Waals surface area contributed by atoms with E-state index in [2.05, 4.69) is 5.32 Å². The standard InChI is InChI=1S/C18H20FNO/c1-14(20-2)16-10-11-18(17(19)13-16)21-12-6-9-15-7-4-3-5-8-15/h3-11,13-14,20H,12H2,1-2H3/b9-6+. The van der Waals surface area contributed by atoms with E-state index in [9.17, 15) is 4.39 Å². The minimum atomic E-state index is -0.331. The van der Waals surface area contributed by atoms with Gasteiger partial charge in [-0.3, -0.25) is 0 Å². The van der Waals surface area contributed by atoms with Crippen LogP contribution in [0.3, 0.4) is 0 Å². The van der Waals surface area contributed by atoms with E-state index in [4.69, 9.17) is 4.74 Å². The molecule has 2 aromatic rings. The number of ether oxygens (including phenoxy) is 1. The van der Waals surface area contributed by atoms with E-state index < -0.39 is 0 Å². The Labute approximate surface area is 125 Å². The van der Waals surface area contributed by atoms with Crippen LogP contribution in [0.15, 0.2) is 54.6 Å². The van der Waals surface area contributed by atoms with Crippen LogP contribution in [0.4, 0.5) is 4.39 Å². The lowest BCUT2D eigenvalue weighted by Gasteiger charge is -2.12. The normalized spacial score (nSPS) is 12.5. The Morgan fingerprint density at radius 2 is 1.95 bits per heavy atom. The Morgan fingerprint density at radius 3 is 2.62 bits per heavy atom. The number of benzene rings is 2. The van der Waals surface area contributed by atoms with Crippen LogP contribution in [0.1, 0.15) is 24.1 Å². The van der Waals surface area contributed by atoms with Crippen LogP contribution in [0, 0.1) is 5.82 Å². The minimum Gasteiger partial charge on any atom is -0.486 e. The molecule has 1 N–H and O–H groups in total. The second kappa shape index (κ2) is 7.60. The highest BCUT2D eigenvalue weighted by Gasteiger charge is 2.08. The molecule has 3 heteroatoms. The highest BCUT2D eigenvalue weighted by atomic mass is 19.1. The molecule has 21 heavy (non-hydrogen) atoms. The van der Waals surface area contributed by atoms with E-state index in [1.807, 2.05) is 62.5 Å². The summed E-state index contributed by atoms with van der Waals surface area (Å²) in [7, 11) is 1.85. The van der Waals surface area contributed by atoms with Gasteiger partial charge in [0.05, 0.1) is 0 Å². The van der Waals surface area contributed by atoms with Crippen molar-refractivity contribution in [2.45, 2.75) is 13.0 Å². The molecule has 1 unspecified atom stereocenters. The van der Waals surface area contributed by atoms with Crippen molar-refractivity contribution in [2.75, 3.05) is 13.7 Å². The van der Waals surface area contributed by atoms with E-state index in [0.717, 1.165) is 11.1 Å². The third kappa shape index (κ3) is 4.43. The number of hydrogen-bond donors (Lipinski definition) is 1. The average Bonchev–Trinajstić information content (AvgIpc) is 2.53. The molecule has 0 aliphatic heterocycles. The maximum absolute atomic E-state index is 13.9. The summed E-state index contributed by atoms with van der Waals surface area (Å²) in [4.78, 5) is 0. The molecule has 0 saturated carbocycles. The molecule has 1 atom stereocenters. The van der Waals surface area contributed by atoms with Crippen LogP contribution in [-0.4, -0.2) is 13.7 Å². The second-order valence-corrected chi connectivity index (χ2v) is 4.82. The van der Waals surface area contributed by atoms with Gasteiger partial charge in [0.1, 0.15) is 6.61 Å². The highest BCUT2D eigenvalue weighted by Crippen LogP contribution is 2.21. The van der Waals surface area contributed by atoms with Gasteiger partial charge in [0.15, 0.2) is 11.6 Å². The van der Waals surface area contributed by atoms with Crippen molar-refractivity contribution in [1.82, 2.24) is 5.32 Å². The quantitative estimate of drug-likeness (QED) is 0.859. The summed E-state index contributed by atoms with van der Waals surface area (Å²) >= 11 is 0. The van der Waals surface area contributed by atoms with Gasteiger partial charge in [0.2, 0.25) is 0 Å². The molecule has 0 spiro atoms. The molecule has 2 nitrogen and oxygen atoms in total. The predicted molar refractivity (Wildman–Crippen MR) is 84.8 cm³/mol. The summed E-state index contributed by atoms with van der Waals surface area (Å²) in [5.74, 6) is -0.0533. The van der Waals surface area contributed by atoms with Gasteiger partial charge < -0.3 is 10.1 Å². The largest absolute Gasteiger partial charge is 0.486 e. The summed E-state index contributed by atoms with van der Waals surface area (Å²) in [5.41, 5.74) is 2.00. The number of halogens is 1. The topological polar surface area (TPSA) is 21.3 Å². The van der Waals surface area contributed by atoms with E-state index in [1.54, 1.807) is 6.07 Å². The SMILES string of the molecule is CNC(C)c1ccc(OC/C=C/c2ccccc2)c(F)c1. The molecule has 0 heterocycles. The lowest BCUT2D eigenvalue weighted by Crippen LogP contribution is -2.12. The zero-order valence-electron chi connectivity index (χ0n) is 12.3. The molecule has 0 saturated heterocycles. The molecule has 0 aliphatic carbocycles. The molecule has 0 fully saturated rings. The molecule has 0 aromatic heterocycles. The first-order valence-corrected chi connectivity index (χ1v) is 7.02. The van der Waals surface area contributed by atoms with Gasteiger partial charge in [-0.25, -0.2) is 4.39 Å². The predicted octanol–water partition coefficient (Wildman–Crippen LogP) is 4.20. The van der Waals surface area contributed by atoms with Gasteiger partial charge >= 0.3 is 0 Å². The van der Waals surface area contributed by atoms with Crippen LogP contribution in [0.25, 0.3) is 6.08 Å². The van der Waals surface area contributed by atoms with Crippen molar-refractivity contribution < 1.29 is 9.13 Å². The maximum atomic E-state index is 13.9. The van der Waals surface area contributed by atoms with Gasteiger partial charge in [-0.15, -0.1) is 0 Å². The van der Waals surface area contributed by atoms with Gasteiger partial charge in [-0.2, -0.15) is 0 Å². The third-order valence-corrected chi connectivity index (χ3v) is 3.33. The van der Waals surface area contributed by atoms with Crippen LogP contribution in [0.5, 0.6) is 5.75 Å². The fourth-order valence-corrected chi connectivity index (χ4v) is 1.96. The first kappa shape index (κ1) is 15.3. The lowest BCUT2D eigenvalue weighted by molar-refractivity contribution is 0.341. The Kier molecular flexibility index (Phi) is 5.52. The molecule has 0 radical (unpaired) electrons. The molecular weight excluding hydrogens is 265 g/mol. The van der Waals surface area contributed by atoms with Gasteiger partial charge in [-0.05, 0) is 43.3 Å². The molecule has 0 aliphatic rings. The summed E-state index contributed by atoms with van der Waals surface area (Å²) in [6.45, 7) is 2.32. The van der Waals surface area contributed by atoms with Gasteiger partial charge in [-0.1, -0.05) is 42.5 Å². The number of hydrogen-bond acceptors (Lipinski definition) is 2. The molecular formula is C18H20FNO. The average molecular weight is 285 g/mol. The fourth-order valence-electron chi connectivity index (χ4n) is 1.96. The molecule has 110 valence electrons. The molecule has 0 amide bonds. The van der Waals surface area contributed by atoms with Crippen molar-refractivity contribution in [1.29, 1.82) is 0 Å². The van der Waals surface area contributed by atoms with Gasteiger partial charge in [0.25, 0.3) is 0 Å². The Bertz CT molecular complexity index is 595. The van der Waals surface area contributed by atoms with Crippen LogP contribution < -0.4 is 10.1 Å². The molecule has 2 rings (SSSR count). The van der Waals surface area contributed by atoms with Crippen LogP contribution in [-0.2, 0) is 0 Å². The third-order valence-electron chi connectivity index (χ3n) is 3.33. The Balaban J connectivity index is 1.93. The number of rotatable bonds is 6. The molecule has 2 aromatic carbocycles. The Hall–Kier alpha value is -2.13. The monoisotopic (exact) mass is 285 g/mol. The molecule has 0 bridgehead atoms. The van der Waals surface area contributed by atoms with E-state index in [1.165, 1.54) is 6.07 Å². The van der Waals surface area contributed by atoms with Crippen molar-refractivity contribution in [3.8, 4) is 5.75 Å². The van der Waals surface area contributed by atoms with Crippen molar-refractivity contribution in [3.05, 3.63) is 71.6 Å². The zero-order valence-corrected chi connectivity index (χ0v) is 12.3. The summed E-state index contributed by atoms with van der Waals surface area (Å²) in [6.07, 6.45) is 3.83. The first-order valence-electron chi connectivity index (χ1n) is 7.02. The van der Waals surface area contributed by atoms with Crippen LogP contribution in [0.2, 0.25) is 0 Å². The van der Waals surface area contributed by atoms with E-state index >= 15 is 0 Å². The Morgan fingerprint density at radius 1 is 1.19 bits per heavy atom. The maximum Gasteiger partial charge on any atom is 0.165 e. The van der Waals surface area contributed by atoms with E-state index in [0.29, 0.717) is 6.61 Å². The van der Waals surface area contributed by atoms with Crippen molar-refractivity contribution in [2.24, 2.45) is 0 Å². The van der Waals surface area contributed by atoms with Gasteiger partial charge in [0, 0.05) is 6.04 Å². The fraction of sp³-hybridized carbons (Fsp3) is 0.222. The summed E-state index contributed by atoms with van der Waals surface area (Å²) < 4.78 is 19.4. The van der Waals surface area contributed by atoms with Crippen molar-refractivity contribution >= 4 is 6.08 Å². The van der Waals surface area contributed by atoms with E-state index in [-0.39, 0.29) is 17.6 Å². The zero-order chi connectivity index (χ0) is 15.1. The minimum absolute atomic E-state index is 0.117. The second-order valence-electron chi connectivity index (χ2n) is 4.82. The first-order chi connectivity index (χ1) is 10.2. The highest BCUT2D eigenvalue weighted by molar-refractivity contribution is 5.48.